The molecule has 0 bridgehead atoms. The van der Waals surface area contributed by atoms with Crippen molar-refractivity contribution in [3.8, 4) is 23.5 Å². The van der Waals surface area contributed by atoms with Crippen LogP contribution in [-0.4, -0.2) is 80.1 Å². The molecule has 3 heterocycles. The largest absolute Gasteiger partial charge is 0.497 e. The molecule has 0 radical (unpaired) electrons. The zero-order chi connectivity index (χ0) is 29.9. The lowest BCUT2D eigenvalue weighted by molar-refractivity contribution is -0.154. The molecule has 2 N–H and O–H groups in total. The molecule has 2 aromatic carbocycles. The number of benzene rings is 2. The zero-order valence-corrected chi connectivity index (χ0v) is 25.2. The second-order valence-electron chi connectivity index (χ2n) is 10.2. The normalized spacial score (nSPS) is 17.1. The van der Waals surface area contributed by atoms with Crippen LogP contribution in [0.1, 0.15) is 35.2 Å². The number of piperazine rings is 1. The van der Waals surface area contributed by atoms with Crippen molar-refractivity contribution in [1.82, 2.24) is 14.9 Å². The summed E-state index contributed by atoms with van der Waals surface area (Å²) in [5, 5.41) is 0. The Bertz CT molecular complexity index is 1410. The van der Waals surface area contributed by atoms with Crippen molar-refractivity contribution in [3.05, 3.63) is 65.9 Å². The van der Waals surface area contributed by atoms with Crippen LogP contribution in [0.4, 0.5) is 5.95 Å². The van der Waals surface area contributed by atoms with E-state index in [-0.39, 0.29) is 6.29 Å². The molecule has 11 heteroatoms. The lowest BCUT2D eigenvalue weighted by Crippen LogP contribution is -2.47. The molecule has 1 unspecified atom stereocenters. The second-order valence-corrected chi connectivity index (χ2v) is 11.3. The third kappa shape index (κ3) is 9.08. The van der Waals surface area contributed by atoms with Crippen molar-refractivity contribution >= 4 is 23.6 Å². The summed E-state index contributed by atoms with van der Waals surface area (Å²) in [5.74, 6) is 7.77. The predicted octanol–water partition coefficient (Wildman–Crippen LogP) is 3.98. The van der Waals surface area contributed by atoms with Gasteiger partial charge in [0.1, 0.15) is 19.0 Å². The van der Waals surface area contributed by atoms with Crippen LogP contribution in [-0.2, 0) is 16.1 Å². The van der Waals surface area contributed by atoms with Crippen LogP contribution in [0, 0.1) is 11.8 Å². The number of carbonyl (C=O) groups excluding carboxylic acids is 1. The van der Waals surface area contributed by atoms with Gasteiger partial charge < -0.3 is 29.6 Å². The topological polar surface area (TPSA) is 112 Å². The van der Waals surface area contributed by atoms with Gasteiger partial charge in [-0.05, 0) is 61.2 Å². The van der Waals surface area contributed by atoms with Gasteiger partial charge in [-0.1, -0.05) is 35.7 Å². The molecule has 10 nitrogen and oxygen atoms in total. The summed E-state index contributed by atoms with van der Waals surface area (Å²) in [6.07, 6.45) is 4.89. The Kier molecular flexibility index (Phi) is 11.1. The number of hydrogen-bond donors (Lipinski definition) is 1. The van der Waals surface area contributed by atoms with E-state index in [1.54, 1.807) is 25.4 Å². The minimum Gasteiger partial charge on any atom is -0.497 e. The Balaban J connectivity index is 1.21. The highest BCUT2D eigenvalue weighted by Crippen LogP contribution is 2.35. The van der Waals surface area contributed by atoms with Gasteiger partial charge in [0.25, 0.3) is 0 Å². The molecule has 3 aromatic rings. The maximum absolute atomic E-state index is 11.5. The Morgan fingerprint density at radius 1 is 1.12 bits per heavy atom. The number of nitrogens with zero attached hydrogens (tertiary/aromatic N) is 4. The lowest BCUT2D eigenvalue weighted by Gasteiger charge is -2.33. The molecule has 2 fully saturated rings. The number of ether oxygens (including phenoxy) is 4. The van der Waals surface area contributed by atoms with Crippen molar-refractivity contribution in [3.63, 3.8) is 0 Å². The van der Waals surface area contributed by atoms with Crippen LogP contribution in [0.3, 0.4) is 0 Å². The highest BCUT2D eigenvalue weighted by molar-refractivity contribution is 7.99. The summed E-state index contributed by atoms with van der Waals surface area (Å²) in [6.45, 7) is 5.47. The van der Waals surface area contributed by atoms with E-state index in [1.807, 2.05) is 36.4 Å². The van der Waals surface area contributed by atoms with E-state index in [2.05, 4.69) is 26.6 Å². The minimum absolute atomic E-state index is 0.108. The third-order valence-corrected chi connectivity index (χ3v) is 8.16. The number of nitrogens with two attached hydrogens (primary N) is 1. The van der Waals surface area contributed by atoms with E-state index in [0.29, 0.717) is 37.2 Å². The molecule has 0 saturated carbocycles. The molecule has 2 aliphatic heterocycles. The van der Waals surface area contributed by atoms with Gasteiger partial charge in [0, 0.05) is 43.2 Å². The molecule has 226 valence electrons. The van der Waals surface area contributed by atoms with Crippen molar-refractivity contribution in [2.75, 3.05) is 57.9 Å². The molecule has 43 heavy (non-hydrogen) atoms. The van der Waals surface area contributed by atoms with Crippen LogP contribution < -0.4 is 20.1 Å². The fourth-order valence-electron chi connectivity index (χ4n) is 4.70. The predicted molar refractivity (Wildman–Crippen MR) is 164 cm³/mol. The molecule has 1 atom stereocenters. The van der Waals surface area contributed by atoms with E-state index in [0.717, 1.165) is 73.2 Å². The van der Waals surface area contributed by atoms with Gasteiger partial charge in [-0.25, -0.2) is 4.98 Å². The van der Waals surface area contributed by atoms with E-state index in [9.17, 15) is 4.79 Å². The first-order valence-electron chi connectivity index (χ1n) is 14.4. The summed E-state index contributed by atoms with van der Waals surface area (Å²) in [4.78, 5) is 27.2. The molecule has 1 aromatic heterocycles. The molecule has 2 saturated heterocycles. The highest BCUT2D eigenvalue weighted by Gasteiger charge is 2.21. The number of amides is 1. The minimum atomic E-state index is -0.461. The van der Waals surface area contributed by atoms with Crippen LogP contribution in [0.5, 0.6) is 11.6 Å². The van der Waals surface area contributed by atoms with Crippen molar-refractivity contribution in [2.24, 2.45) is 5.73 Å². The molecule has 1 amide bonds. The maximum atomic E-state index is 11.5. The van der Waals surface area contributed by atoms with E-state index >= 15 is 0 Å². The Hall–Kier alpha value is -3.82. The first-order chi connectivity index (χ1) is 21.1. The average Bonchev–Trinajstić information content (AvgIpc) is 3.05. The second kappa shape index (κ2) is 15.6. The van der Waals surface area contributed by atoms with Crippen LogP contribution in [0.2, 0.25) is 0 Å². The van der Waals surface area contributed by atoms with Gasteiger partial charge in [0.15, 0.2) is 6.29 Å². The Morgan fingerprint density at radius 3 is 2.70 bits per heavy atom. The van der Waals surface area contributed by atoms with Gasteiger partial charge in [-0.2, -0.15) is 4.98 Å². The van der Waals surface area contributed by atoms with Crippen molar-refractivity contribution < 1.29 is 23.7 Å². The summed E-state index contributed by atoms with van der Waals surface area (Å²) < 4.78 is 22.9. The number of aromatic nitrogens is 2. The van der Waals surface area contributed by atoms with E-state index in [4.69, 9.17) is 29.7 Å². The maximum Gasteiger partial charge on any atom is 0.248 e. The first-order valence-corrected chi connectivity index (χ1v) is 15.3. The van der Waals surface area contributed by atoms with Crippen LogP contribution in [0.25, 0.3) is 0 Å². The standard InChI is InChI=1S/C32H37N5O5S/c1-39-26-8-6-7-24(21-26)23-42-31-28(43-27-12-10-25(11-13-27)30(33)38)22-34-32(35-31)37-17-15-36(16-18-37)14-3-5-20-41-29-9-2-4-19-40-29/h6-8,10-13,21-22,29H,2,4,9,14-20,23H2,1H3,(H2,33,38). The smallest absolute Gasteiger partial charge is 0.248 e. The molecular formula is C32H37N5O5S. The fourth-order valence-corrected chi connectivity index (χ4v) is 5.53. The highest BCUT2D eigenvalue weighted by atomic mass is 32.2. The number of hydrogen-bond acceptors (Lipinski definition) is 10. The van der Waals surface area contributed by atoms with Gasteiger partial charge in [0.2, 0.25) is 17.7 Å². The molecular weight excluding hydrogens is 566 g/mol. The SMILES string of the molecule is COc1cccc(COc2nc(N3CCN(CC#CCOC4CCCCO4)CC3)ncc2Sc2ccc(C(N)=O)cc2)c1. The van der Waals surface area contributed by atoms with Crippen molar-refractivity contribution in [1.29, 1.82) is 0 Å². The third-order valence-electron chi connectivity index (χ3n) is 7.15. The van der Waals surface area contributed by atoms with Crippen LogP contribution >= 0.6 is 11.8 Å². The molecule has 0 spiro atoms. The Labute approximate surface area is 256 Å². The number of methoxy groups -OCH3 is 1. The van der Waals surface area contributed by atoms with Gasteiger partial charge in [-0.15, -0.1) is 0 Å². The summed E-state index contributed by atoms with van der Waals surface area (Å²) in [6, 6.07) is 14.9. The number of primary amides is 1. The average molecular weight is 604 g/mol. The summed E-state index contributed by atoms with van der Waals surface area (Å²) in [5.41, 5.74) is 6.82. The number of carbonyl (C=O) groups is 1. The summed E-state index contributed by atoms with van der Waals surface area (Å²) >= 11 is 1.47. The monoisotopic (exact) mass is 603 g/mol. The quantitative estimate of drug-likeness (QED) is 0.323. The first kappa shape index (κ1) is 30.6. The number of anilines is 1. The Morgan fingerprint density at radius 2 is 1.95 bits per heavy atom. The fraction of sp³-hybridized carbons (Fsp3) is 0.406. The van der Waals surface area contributed by atoms with Crippen molar-refractivity contribution in [2.45, 2.75) is 42.0 Å². The number of rotatable bonds is 11. The van der Waals surface area contributed by atoms with Crippen LogP contribution in [0.15, 0.2) is 64.5 Å². The van der Waals surface area contributed by atoms with E-state index in [1.165, 1.54) is 11.8 Å². The zero-order valence-electron chi connectivity index (χ0n) is 24.4. The lowest BCUT2D eigenvalue weighted by atomic mass is 10.2. The van der Waals surface area contributed by atoms with E-state index < -0.39 is 5.91 Å². The van der Waals surface area contributed by atoms with Gasteiger partial charge in [0.05, 0.1) is 24.7 Å². The van der Waals surface area contributed by atoms with Gasteiger partial charge >= 0.3 is 0 Å². The molecule has 2 aliphatic rings. The molecule has 0 aliphatic carbocycles. The van der Waals surface area contributed by atoms with Gasteiger partial charge in [-0.3, -0.25) is 9.69 Å². The molecule has 5 rings (SSSR count). The summed E-state index contributed by atoms with van der Waals surface area (Å²) in [7, 11) is 1.64.